The van der Waals surface area contributed by atoms with Gasteiger partial charge in [-0.25, -0.2) is 0 Å². The molecular weight excluding hydrogens is 176 g/mol. The molecule has 0 aromatic rings. The minimum absolute atomic E-state index is 0.261. The Bertz CT molecular complexity index is 158. The zero-order valence-corrected chi connectivity index (χ0v) is 9.45. The maximum Gasteiger partial charge on any atom is 0.0824 e. The fraction of sp³-hybridized carbons (Fsp3) is 1.00. The Morgan fingerprint density at radius 1 is 1.21 bits per heavy atom. The van der Waals surface area contributed by atoms with E-state index in [0.29, 0.717) is 5.92 Å². The van der Waals surface area contributed by atoms with Crippen LogP contribution >= 0.6 is 0 Å². The molecule has 1 rings (SSSR count). The number of hydrogen-bond acceptors (Lipinski definition) is 2. The number of hydrogen-bond donors (Lipinski definition) is 2. The van der Waals surface area contributed by atoms with Crippen molar-refractivity contribution < 1.29 is 10.2 Å². The molecule has 0 aliphatic heterocycles. The molecule has 0 spiro atoms. The van der Waals surface area contributed by atoms with Gasteiger partial charge in [-0.05, 0) is 31.1 Å². The number of aliphatic hydroxyl groups excluding tert-OH is 2. The molecule has 4 atom stereocenters. The summed E-state index contributed by atoms with van der Waals surface area (Å²) in [5, 5.41) is 19.5. The highest BCUT2D eigenvalue weighted by Crippen LogP contribution is 2.30. The summed E-state index contributed by atoms with van der Waals surface area (Å²) in [5.41, 5.74) is 0. The zero-order valence-electron chi connectivity index (χ0n) is 9.45. The fourth-order valence-corrected chi connectivity index (χ4v) is 2.40. The van der Waals surface area contributed by atoms with E-state index in [9.17, 15) is 10.2 Å². The Morgan fingerprint density at radius 3 is 2.57 bits per heavy atom. The van der Waals surface area contributed by atoms with Crippen LogP contribution in [-0.2, 0) is 0 Å². The van der Waals surface area contributed by atoms with Gasteiger partial charge in [-0.1, -0.05) is 33.1 Å². The quantitative estimate of drug-likeness (QED) is 0.686. The van der Waals surface area contributed by atoms with Crippen molar-refractivity contribution in [3.05, 3.63) is 0 Å². The fourth-order valence-electron chi connectivity index (χ4n) is 2.40. The van der Waals surface area contributed by atoms with Crippen molar-refractivity contribution in [1.29, 1.82) is 0 Å². The molecule has 2 heteroatoms. The van der Waals surface area contributed by atoms with Gasteiger partial charge in [0.25, 0.3) is 0 Å². The summed E-state index contributed by atoms with van der Waals surface area (Å²) in [6.07, 6.45) is 5.74. The lowest BCUT2D eigenvalue weighted by atomic mass is 9.93. The smallest absolute Gasteiger partial charge is 0.0824 e. The second-order valence-corrected chi connectivity index (χ2v) is 4.86. The lowest BCUT2D eigenvalue weighted by molar-refractivity contribution is -0.0139. The van der Waals surface area contributed by atoms with Crippen LogP contribution in [0.3, 0.4) is 0 Å². The van der Waals surface area contributed by atoms with Crippen LogP contribution in [-0.4, -0.2) is 22.4 Å². The molecule has 1 aliphatic carbocycles. The highest BCUT2D eigenvalue weighted by molar-refractivity contribution is 4.80. The van der Waals surface area contributed by atoms with Crippen molar-refractivity contribution in [1.82, 2.24) is 0 Å². The molecule has 0 radical (unpaired) electrons. The van der Waals surface area contributed by atoms with Gasteiger partial charge in [0.05, 0.1) is 12.2 Å². The van der Waals surface area contributed by atoms with Crippen molar-refractivity contribution in [2.45, 2.75) is 64.6 Å². The maximum absolute atomic E-state index is 9.75. The van der Waals surface area contributed by atoms with Crippen molar-refractivity contribution >= 4 is 0 Å². The van der Waals surface area contributed by atoms with E-state index < -0.39 is 12.2 Å². The van der Waals surface area contributed by atoms with Crippen molar-refractivity contribution in [2.75, 3.05) is 0 Å². The van der Waals surface area contributed by atoms with Crippen molar-refractivity contribution in [2.24, 2.45) is 11.8 Å². The Kier molecular flexibility index (Phi) is 4.90. The molecule has 0 aromatic carbocycles. The summed E-state index contributed by atoms with van der Waals surface area (Å²) in [6, 6.07) is 0. The molecule has 0 amide bonds. The molecule has 1 fully saturated rings. The summed E-state index contributed by atoms with van der Waals surface area (Å²) >= 11 is 0. The molecule has 0 bridgehead atoms. The predicted molar refractivity (Wildman–Crippen MR) is 58.0 cm³/mol. The largest absolute Gasteiger partial charge is 0.390 e. The second kappa shape index (κ2) is 5.72. The molecule has 0 saturated heterocycles. The lowest BCUT2D eigenvalue weighted by Crippen LogP contribution is -2.30. The Labute approximate surface area is 87.3 Å². The highest BCUT2D eigenvalue weighted by atomic mass is 16.3. The average Bonchev–Trinajstić information content (AvgIpc) is 2.29. The van der Waals surface area contributed by atoms with Gasteiger partial charge in [-0.15, -0.1) is 0 Å². The van der Waals surface area contributed by atoms with Crippen LogP contribution in [0.25, 0.3) is 0 Å². The van der Waals surface area contributed by atoms with Crippen LogP contribution in [0.1, 0.15) is 52.4 Å². The van der Waals surface area contributed by atoms with E-state index >= 15 is 0 Å². The average molecular weight is 200 g/mol. The molecule has 0 aromatic heterocycles. The van der Waals surface area contributed by atoms with E-state index in [-0.39, 0.29) is 5.92 Å². The van der Waals surface area contributed by atoms with Gasteiger partial charge in [-0.2, -0.15) is 0 Å². The summed E-state index contributed by atoms with van der Waals surface area (Å²) in [5.74, 6) is 0.890. The van der Waals surface area contributed by atoms with Gasteiger partial charge in [0.15, 0.2) is 0 Å². The third-order valence-electron chi connectivity index (χ3n) is 3.55. The maximum atomic E-state index is 9.75. The van der Waals surface area contributed by atoms with E-state index in [4.69, 9.17) is 0 Å². The van der Waals surface area contributed by atoms with Gasteiger partial charge in [0.1, 0.15) is 0 Å². The molecule has 14 heavy (non-hydrogen) atoms. The summed E-state index contributed by atoms with van der Waals surface area (Å²) in [4.78, 5) is 0. The summed E-state index contributed by atoms with van der Waals surface area (Å²) in [7, 11) is 0. The SMILES string of the molecule is CCCCC1CCC(C)C(O)C(O)C1. The van der Waals surface area contributed by atoms with Crippen LogP contribution in [0.2, 0.25) is 0 Å². The molecule has 84 valence electrons. The van der Waals surface area contributed by atoms with Gasteiger partial charge in [0, 0.05) is 0 Å². The van der Waals surface area contributed by atoms with Gasteiger partial charge < -0.3 is 10.2 Å². The second-order valence-electron chi connectivity index (χ2n) is 4.86. The van der Waals surface area contributed by atoms with Crippen LogP contribution in [0, 0.1) is 11.8 Å². The number of unbranched alkanes of at least 4 members (excludes halogenated alkanes) is 1. The predicted octanol–water partition coefficient (Wildman–Crippen LogP) is 2.33. The summed E-state index contributed by atoms with van der Waals surface area (Å²) < 4.78 is 0. The van der Waals surface area contributed by atoms with Crippen LogP contribution < -0.4 is 0 Å². The first-order chi connectivity index (χ1) is 6.65. The van der Waals surface area contributed by atoms with Gasteiger partial charge >= 0.3 is 0 Å². The molecule has 2 nitrogen and oxygen atoms in total. The number of aliphatic hydroxyl groups is 2. The van der Waals surface area contributed by atoms with Crippen molar-refractivity contribution in [3.8, 4) is 0 Å². The topological polar surface area (TPSA) is 40.5 Å². The van der Waals surface area contributed by atoms with E-state index in [0.717, 1.165) is 12.8 Å². The highest BCUT2D eigenvalue weighted by Gasteiger charge is 2.29. The van der Waals surface area contributed by atoms with E-state index in [1.54, 1.807) is 0 Å². The first-order valence-electron chi connectivity index (χ1n) is 6.01. The molecule has 1 saturated carbocycles. The van der Waals surface area contributed by atoms with Gasteiger partial charge in [-0.3, -0.25) is 0 Å². The monoisotopic (exact) mass is 200 g/mol. The van der Waals surface area contributed by atoms with Crippen LogP contribution in [0.4, 0.5) is 0 Å². The Morgan fingerprint density at radius 2 is 1.93 bits per heavy atom. The minimum Gasteiger partial charge on any atom is -0.390 e. The van der Waals surface area contributed by atoms with E-state index in [1.807, 2.05) is 6.92 Å². The molecular formula is C12H24O2. The third kappa shape index (κ3) is 3.25. The standard InChI is InChI=1S/C12H24O2/c1-3-4-5-10-7-6-9(2)12(14)11(13)8-10/h9-14H,3-8H2,1-2H3. The summed E-state index contributed by atoms with van der Waals surface area (Å²) in [6.45, 7) is 4.24. The molecule has 0 heterocycles. The van der Waals surface area contributed by atoms with Crippen LogP contribution in [0.5, 0.6) is 0 Å². The normalized spacial score (nSPS) is 39.4. The first kappa shape index (κ1) is 12.0. The minimum atomic E-state index is -0.498. The third-order valence-corrected chi connectivity index (χ3v) is 3.55. The molecule has 1 aliphatic rings. The van der Waals surface area contributed by atoms with Crippen LogP contribution in [0.15, 0.2) is 0 Å². The van der Waals surface area contributed by atoms with Gasteiger partial charge in [0.2, 0.25) is 0 Å². The first-order valence-corrected chi connectivity index (χ1v) is 6.01. The van der Waals surface area contributed by atoms with Crippen molar-refractivity contribution in [3.63, 3.8) is 0 Å². The van der Waals surface area contributed by atoms with E-state index in [1.165, 1.54) is 25.7 Å². The number of rotatable bonds is 3. The lowest BCUT2D eigenvalue weighted by Gasteiger charge is -2.20. The van der Waals surface area contributed by atoms with E-state index in [2.05, 4.69) is 6.92 Å². The Balaban J connectivity index is 2.41. The molecule has 2 N–H and O–H groups in total. The zero-order chi connectivity index (χ0) is 10.6. The molecule has 4 unspecified atom stereocenters. The Hall–Kier alpha value is -0.0800.